The average Bonchev–Trinajstić information content (AvgIpc) is 3.09. The summed E-state index contributed by atoms with van der Waals surface area (Å²) < 4.78 is 5.84. The molecule has 0 aliphatic rings. The second-order valence-corrected chi connectivity index (χ2v) is 7.10. The minimum atomic E-state index is -0.730. The number of amides is 1. The van der Waals surface area contributed by atoms with Gasteiger partial charge in [0, 0.05) is 17.7 Å². The number of nitro benzene ring substituents is 1. The molecule has 0 saturated heterocycles. The van der Waals surface area contributed by atoms with Crippen molar-refractivity contribution in [3.05, 3.63) is 62.7 Å². The lowest BCUT2D eigenvalue weighted by Gasteiger charge is -2.06. The summed E-state index contributed by atoms with van der Waals surface area (Å²) in [6, 6.07) is 7.40. The number of anilines is 1. The highest BCUT2D eigenvalue weighted by atomic mass is 32.1. The van der Waals surface area contributed by atoms with Crippen molar-refractivity contribution in [1.82, 2.24) is 4.98 Å². The van der Waals surface area contributed by atoms with E-state index >= 15 is 0 Å². The monoisotopic (exact) mass is 399 g/mol. The molecular weight excluding hydrogens is 382 g/mol. The van der Waals surface area contributed by atoms with Crippen LogP contribution in [0.5, 0.6) is 0 Å². The Kier molecular flexibility index (Phi) is 5.36. The summed E-state index contributed by atoms with van der Waals surface area (Å²) in [6.07, 6.45) is 0. The third kappa shape index (κ3) is 3.84. The molecule has 28 heavy (non-hydrogen) atoms. The predicted octanol–water partition coefficient (Wildman–Crippen LogP) is 4.25. The van der Waals surface area contributed by atoms with Crippen LogP contribution < -0.4 is 5.32 Å². The first-order chi connectivity index (χ1) is 13.3. The van der Waals surface area contributed by atoms with Crippen molar-refractivity contribution in [3.8, 4) is 0 Å². The van der Waals surface area contributed by atoms with Gasteiger partial charge in [-0.25, -0.2) is 9.78 Å². The summed E-state index contributed by atoms with van der Waals surface area (Å²) in [5, 5.41) is 14.2. The van der Waals surface area contributed by atoms with Gasteiger partial charge in [0.05, 0.1) is 27.3 Å². The summed E-state index contributed by atoms with van der Waals surface area (Å²) in [7, 11) is 0. The van der Waals surface area contributed by atoms with E-state index in [1.165, 1.54) is 17.4 Å². The molecule has 0 saturated carbocycles. The van der Waals surface area contributed by atoms with Crippen LogP contribution in [0.1, 0.15) is 38.8 Å². The number of ether oxygens (including phenoxy) is 1. The number of carbonyl (C=O) groups is 2. The number of aromatic nitrogens is 1. The van der Waals surface area contributed by atoms with Gasteiger partial charge < -0.3 is 4.74 Å². The first kappa shape index (κ1) is 19.4. The van der Waals surface area contributed by atoms with E-state index in [1.54, 1.807) is 6.92 Å². The number of benzene rings is 2. The molecular formula is C19H17N3O5S. The first-order valence-corrected chi connectivity index (χ1v) is 9.26. The lowest BCUT2D eigenvalue weighted by Crippen LogP contribution is -2.14. The zero-order valence-electron chi connectivity index (χ0n) is 15.4. The third-order valence-corrected chi connectivity index (χ3v) is 5.17. The van der Waals surface area contributed by atoms with E-state index in [0.29, 0.717) is 5.13 Å². The molecule has 3 rings (SSSR count). The Morgan fingerprint density at radius 3 is 2.50 bits per heavy atom. The van der Waals surface area contributed by atoms with E-state index in [2.05, 4.69) is 10.3 Å². The number of carbonyl (C=O) groups excluding carboxylic acids is 2. The van der Waals surface area contributed by atoms with Crippen molar-refractivity contribution in [2.45, 2.75) is 20.8 Å². The van der Waals surface area contributed by atoms with Gasteiger partial charge in [-0.1, -0.05) is 23.5 Å². The Balaban J connectivity index is 1.96. The van der Waals surface area contributed by atoms with Crippen LogP contribution in [0.3, 0.4) is 0 Å². The maximum atomic E-state index is 12.6. The van der Waals surface area contributed by atoms with Crippen molar-refractivity contribution in [2.75, 3.05) is 11.9 Å². The van der Waals surface area contributed by atoms with Gasteiger partial charge in [-0.3, -0.25) is 20.2 Å². The fraction of sp³-hybridized carbons (Fsp3) is 0.211. The van der Waals surface area contributed by atoms with Crippen LogP contribution in [-0.2, 0) is 4.74 Å². The maximum absolute atomic E-state index is 12.6. The third-order valence-electron chi connectivity index (χ3n) is 4.06. The zero-order chi connectivity index (χ0) is 20.4. The Labute approximate surface area is 164 Å². The second-order valence-electron chi connectivity index (χ2n) is 6.10. The minimum Gasteiger partial charge on any atom is -0.462 e. The molecule has 0 spiro atoms. The van der Waals surface area contributed by atoms with Crippen LogP contribution in [0.4, 0.5) is 10.8 Å². The van der Waals surface area contributed by atoms with Gasteiger partial charge in [-0.05, 0) is 38.0 Å². The Morgan fingerprint density at radius 2 is 1.86 bits per heavy atom. The van der Waals surface area contributed by atoms with Crippen molar-refractivity contribution in [2.24, 2.45) is 0 Å². The number of nitrogens with one attached hydrogen (secondary N) is 1. The minimum absolute atomic E-state index is 0.0232. The molecule has 1 N–H and O–H groups in total. The van der Waals surface area contributed by atoms with Gasteiger partial charge in [0.1, 0.15) is 0 Å². The summed E-state index contributed by atoms with van der Waals surface area (Å²) in [6.45, 7) is 5.63. The van der Waals surface area contributed by atoms with Gasteiger partial charge in [0.15, 0.2) is 5.13 Å². The van der Waals surface area contributed by atoms with Crippen molar-refractivity contribution in [3.63, 3.8) is 0 Å². The molecule has 2 aromatic carbocycles. The normalized spacial score (nSPS) is 10.7. The number of nitrogens with zero attached hydrogens (tertiary/aromatic N) is 2. The number of nitro groups is 1. The van der Waals surface area contributed by atoms with E-state index in [4.69, 9.17) is 4.74 Å². The number of esters is 1. The number of hydrogen-bond acceptors (Lipinski definition) is 7. The molecule has 0 unspecified atom stereocenters. The fourth-order valence-electron chi connectivity index (χ4n) is 2.66. The topological polar surface area (TPSA) is 111 Å². The van der Waals surface area contributed by atoms with Crippen molar-refractivity contribution >= 4 is 44.2 Å². The predicted molar refractivity (Wildman–Crippen MR) is 106 cm³/mol. The molecule has 0 aliphatic heterocycles. The summed E-state index contributed by atoms with van der Waals surface area (Å²) in [5.74, 6) is -1.32. The van der Waals surface area contributed by atoms with Gasteiger partial charge in [-0.15, -0.1) is 0 Å². The van der Waals surface area contributed by atoms with Crippen LogP contribution in [0.2, 0.25) is 0 Å². The molecule has 0 bridgehead atoms. The zero-order valence-corrected chi connectivity index (χ0v) is 16.3. The molecule has 0 aliphatic carbocycles. The van der Waals surface area contributed by atoms with E-state index < -0.39 is 16.8 Å². The van der Waals surface area contributed by atoms with Crippen molar-refractivity contribution in [1.29, 1.82) is 0 Å². The summed E-state index contributed by atoms with van der Waals surface area (Å²) in [5.41, 5.74) is 2.37. The van der Waals surface area contributed by atoms with E-state index in [9.17, 15) is 19.7 Å². The second kappa shape index (κ2) is 7.73. The Morgan fingerprint density at radius 1 is 1.18 bits per heavy atom. The van der Waals surface area contributed by atoms with Crippen LogP contribution in [0.25, 0.3) is 10.2 Å². The van der Waals surface area contributed by atoms with Gasteiger partial charge in [0.2, 0.25) is 0 Å². The molecule has 9 heteroatoms. The largest absolute Gasteiger partial charge is 0.462 e. The van der Waals surface area contributed by atoms with Crippen LogP contribution in [0.15, 0.2) is 30.3 Å². The van der Waals surface area contributed by atoms with E-state index in [1.807, 2.05) is 26.0 Å². The number of hydrogen-bond donors (Lipinski definition) is 1. The number of thiazole rings is 1. The van der Waals surface area contributed by atoms with Gasteiger partial charge in [0.25, 0.3) is 11.6 Å². The molecule has 8 nitrogen and oxygen atoms in total. The highest BCUT2D eigenvalue weighted by molar-refractivity contribution is 7.22. The summed E-state index contributed by atoms with van der Waals surface area (Å²) >= 11 is 1.32. The van der Waals surface area contributed by atoms with Gasteiger partial charge >= 0.3 is 5.97 Å². The van der Waals surface area contributed by atoms with Gasteiger partial charge in [-0.2, -0.15) is 0 Å². The average molecular weight is 399 g/mol. The quantitative estimate of drug-likeness (QED) is 0.390. The highest BCUT2D eigenvalue weighted by Gasteiger charge is 2.20. The molecule has 0 fully saturated rings. The number of aryl methyl sites for hydroxylation is 2. The Hall–Kier alpha value is -3.33. The molecule has 0 atom stereocenters. The molecule has 1 heterocycles. The highest BCUT2D eigenvalue weighted by Crippen LogP contribution is 2.31. The standard InChI is InChI=1S/C19H17N3O5S/c1-4-27-18(24)13-7-12(8-14(9-13)22(25)26)17(23)21-19-20-15-10(2)5-6-11(3)16(15)28-19/h5-9H,4H2,1-3H3,(H,20,21,23). The maximum Gasteiger partial charge on any atom is 0.338 e. The first-order valence-electron chi connectivity index (χ1n) is 8.45. The van der Waals surface area contributed by atoms with Crippen LogP contribution >= 0.6 is 11.3 Å². The SMILES string of the molecule is CCOC(=O)c1cc(C(=O)Nc2nc3c(C)ccc(C)c3s2)cc([N+](=O)[O-])c1. The van der Waals surface area contributed by atoms with Crippen molar-refractivity contribution < 1.29 is 19.2 Å². The lowest BCUT2D eigenvalue weighted by atomic mass is 10.1. The van der Waals surface area contributed by atoms with Crippen LogP contribution in [-0.4, -0.2) is 28.4 Å². The summed E-state index contributed by atoms with van der Waals surface area (Å²) in [4.78, 5) is 39.6. The number of rotatable bonds is 5. The molecule has 1 aromatic heterocycles. The molecule has 1 amide bonds. The van der Waals surface area contributed by atoms with E-state index in [-0.39, 0.29) is 23.4 Å². The lowest BCUT2D eigenvalue weighted by molar-refractivity contribution is -0.384. The smallest absolute Gasteiger partial charge is 0.338 e. The Bertz CT molecular complexity index is 1070. The fourth-order valence-corrected chi connectivity index (χ4v) is 3.67. The number of non-ortho nitro benzene ring substituents is 1. The van der Waals surface area contributed by atoms with E-state index in [0.717, 1.165) is 33.5 Å². The molecule has 3 aromatic rings. The number of fused-ring (bicyclic) bond motifs is 1. The molecule has 0 radical (unpaired) electrons. The molecule has 144 valence electrons. The van der Waals surface area contributed by atoms with Crippen LogP contribution in [0, 0.1) is 24.0 Å².